The van der Waals surface area contributed by atoms with Crippen LogP contribution in [0.15, 0.2) is 0 Å². The maximum atomic E-state index is 12.6. The lowest BCUT2D eigenvalue weighted by Gasteiger charge is -2.29. The predicted molar refractivity (Wildman–Crippen MR) is 72.6 cm³/mol. The Balaban J connectivity index is 2.05. The van der Waals surface area contributed by atoms with Gasteiger partial charge in [0, 0.05) is 13.1 Å². The van der Waals surface area contributed by atoms with Gasteiger partial charge in [0.15, 0.2) is 0 Å². The van der Waals surface area contributed by atoms with Gasteiger partial charge in [-0.3, -0.25) is 9.59 Å². The van der Waals surface area contributed by atoms with E-state index >= 15 is 0 Å². The van der Waals surface area contributed by atoms with Gasteiger partial charge in [-0.25, -0.2) is 0 Å². The Kier molecular flexibility index (Phi) is 4.16. The summed E-state index contributed by atoms with van der Waals surface area (Å²) in [6.07, 6.45) is 4.77. The Morgan fingerprint density at radius 2 is 1.84 bits per heavy atom. The minimum atomic E-state index is -0.804. The SMILES string of the molecule is CCC1C[C@H](C(=O)N(C)C(C)C2CC2)[C@H](C(=O)O)C1. The molecule has 2 aliphatic carbocycles. The standard InChI is InChI=1S/C15H25NO3/c1-4-10-7-12(13(8-10)15(18)19)14(17)16(3)9(2)11-5-6-11/h9-13H,4-8H2,1-3H3,(H,18,19)/t9?,10?,12-,13+/m0/s1. The van der Waals surface area contributed by atoms with Crippen LogP contribution in [0.5, 0.6) is 0 Å². The highest BCUT2D eigenvalue weighted by molar-refractivity contribution is 5.85. The summed E-state index contributed by atoms with van der Waals surface area (Å²) >= 11 is 0. The first-order valence-electron chi connectivity index (χ1n) is 7.45. The molecule has 0 bridgehead atoms. The second-order valence-corrected chi connectivity index (χ2v) is 6.32. The molecule has 0 aromatic heterocycles. The molecular weight excluding hydrogens is 242 g/mol. The van der Waals surface area contributed by atoms with Crippen LogP contribution in [0, 0.1) is 23.7 Å². The van der Waals surface area contributed by atoms with Gasteiger partial charge in [0.05, 0.1) is 11.8 Å². The fourth-order valence-corrected chi connectivity index (χ4v) is 3.38. The van der Waals surface area contributed by atoms with Gasteiger partial charge in [-0.15, -0.1) is 0 Å². The van der Waals surface area contributed by atoms with Crippen LogP contribution in [0.4, 0.5) is 0 Å². The van der Waals surface area contributed by atoms with Gasteiger partial charge in [0.1, 0.15) is 0 Å². The highest BCUT2D eigenvalue weighted by Gasteiger charge is 2.44. The van der Waals surface area contributed by atoms with Crippen molar-refractivity contribution >= 4 is 11.9 Å². The van der Waals surface area contributed by atoms with Crippen molar-refractivity contribution in [3.05, 3.63) is 0 Å². The minimum absolute atomic E-state index is 0.0442. The maximum absolute atomic E-state index is 12.6. The zero-order chi connectivity index (χ0) is 14.2. The summed E-state index contributed by atoms with van der Waals surface area (Å²) < 4.78 is 0. The Bertz CT molecular complexity index is 364. The number of hydrogen-bond acceptors (Lipinski definition) is 2. The van der Waals surface area contributed by atoms with Crippen molar-refractivity contribution < 1.29 is 14.7 Å². The molecule has 2 fully saturated rings. The smallest absolute Gasteiger partial charge is 0.307 e. The summed E-state index contributed by atoms with van der Waals surface area (Å²) in [5, 5.41) is 9.32. The fraction of sp³-hybridized carbons (Fsp3) is 0.867. The van der Waals surface area contributed by atoms with Crippen molar-refractivity contribution in [2.45, 2.75) is 52.0 Å². The number of rotatable bonds is 5. The molecule has 108 valence electrons. The molecule has 1 N–H and O–H groups in total. The second-order valence-electron chi connectivity index (χ2n) is 6.32. The molecule has 2 unspecified atom stereocenters. The molecule has 4 heteroatoms. The molecule has 0 radical (unpaired) electrons. The zero-order valence-corrected chi connectivity index (χ0v) is 12.1. The first kappa shape index (κ1) is 14.4. The Labute approximate surface area is 115 Å². The molecule has 0 aliphatic heterocycles. The van der Waals surface area contributed by atoms with E-state index in [1.807, 2.05) is 7.05 Å². The summed E-state index contributed by atoms with van der Waals surface area (Å²) in [5.41, 5.74) is 0. The summed E-state index contributed by atoms with van der Waals surface area (Å²) in [7, 11) is 1.84. The number of amides is 1. The van der Waals surface area contributed by atoms with Crippen LogP contribution in [0.3, 0.4) is 0 Å². The highest BCUT2D eigenvalue weighted by atomic mass is 16.4. The summed E-state index contributed by atoms with van der Waals surface area (Å²) in [6.45, 7) is 4.16. The van der Waals surface area contributed by atoms with E-state index in [2.05, 4.69) is 13.8 Å². The zero-order valence-electron chi connectivity index (χ0n) is 12.1. The molecule has 0 spiro atoms. The van der Waals surface area contributed by atoms with Crippen LogP contribution in [-0.4, -0.2) is 35.0 Å². The summed E-state index contributed by atoms with van der Waals surface area (Å²) in [4.78, 5) is 25.7. The number of aliphatic carboxylic acids is 1. The van der Waals surface area contributed by atoms with Crippen molar-refractivity contribution in [3.8, 4) is 0 Å². The van der Waals surface area contributed by atoms with E-state index in [1.165, 1.54) is 12.8 Å². The molecule has 4 atom stereocenters. The van der Waals surface area contributed by atoms with E-state index in [0.717, 1.165) is 12.8 Å². The monoisotopic (exact) mass is 267 g/mol. The van der Waals surface area contributed by atoms with Crippen molar-refractivity contribution in [1.82, 2.24) is 4.90 Å². The normalized spacial score (nSPS) is 32.1. The van der Waals surface area contributed by atoms with Gasteiger partial charge in [-0.1, -0.05) is 13.3 Å². The average molecular weight is 267 g/mol. The molecule has 0 aromatic rings. The molecule has 0 saturated heterocycles. The fourth-order valence-electron chi connectivity index (χ4n) is 3.38. The van der Waals surface area contributed by atoms with Gasteiger partial charge in [0.2, 0.25) is 5.91 Å². The highest BCUT2D eigenvalue weighted by Crippen LogP contribution is 2.41. The van der Waals surface area contributed by atoms with E-state index in [4.69, 9.17) is 0 Å². The molecule has 0 heterocycles. The number of carboxylic acid groups (broad SMARTS) is 1. The van der Waals surface area contributed by atoms with E-state index in [9.17, 15) is 14.7 Å². The van der Waals surface area contributed by atoms with Crippen molar-refractivity contribution in [2.24, 2.45) is 23.7 Å². The first-order chi connectivity index (χ1) is 8.95. The quantitative estimate of drug-likeness (QED) is 0.832. The topological polar surface area (TPSA) is 57.6 Å². The lowest BCUT2D eigenvalue weighted by Crippen LogP contribution is -2.42. The third-order valence-electron chi connectivity index (χ3n) is 5.13. The molecule has 0 aromatic carbocycles. The molecule has 2 rings (SSSR count). The van der Waals surface area contributed by atoms with E-state index in [0.29, 0.717) is 18.3 Å². The number of nitrogens with zero attached hydrogens (tertiary/aromatic N) is 1. The van der Waals surface area contributed by atoms with Crippen molar-refractivity contribution in [2.75, 3.05) is 7.05 Å². The van der Waals surface area contributed by atoms with E-state index in [-0.39, 0.29) is 17.9 Å². The van der Waals surface area contributed by atoms with E-state index < -0.39 is 11.9 Å². The lowest BCUT2D eigenvalue weighted by atomic mass is 9.94. The number of carboxylic acids is 1. The number of carbonyl (C=O) groups is 2. The minimum Gasteiger partial charge on any atom is -0.481 e. The van der Waals surface area contributed by atoms with Crippen LogP contribution in [0.2, 0.25) is 0 Å². The van der Waals surface area contributed by atoms with Crippen LogP contribution < -0.4 is 0 Å². The van der Waals surface area contributed by atoms with Gasteiger partial charge in [-0.05, 0) is 44.4 Å². The van der Waals surface area contributed by atoms with Crippen molar-refractivity contribution in [3.63, 3.8) is 0 Å². The molecular formula is C15H25NO3. The summed E-state index contributed by atoms with van der Waals surface area (Å²) in [5.74, 6) is -0.537. The third-order valence-corrected chi connectivity index (χ3v) is 5.13. The van der Waals surface area contributed by atoms with Crippen LogP contribution in [0.25, 0.3) is 0 Å². The Morgan fingerprint density at radius 3 is 2.32 bits per heavy atom. The summed E-state index contributed by atoms with van der Waals surface area (Å²) in [6, 6.07) is 0.252. The van der Waals surface area contributed by atoms with E-state index in [1.54, 1.807) is 4.90 Å². The predicted octanol–water partition coefficient (Wildman–Crippen LogP) is 2.38. The van der Waals surface area contributed by atoms with Crippen LogP contribution in [0.1, 0.15) is 46.0 Å². The molecule has 1 amide bonds. The number of carbonyl (C=O) groups excluding carboxylic acids is 1. The Morgan fingerprint density at radius 1 is 1.26 bits per heavy atom. The van der Waals surface area contributed by atoms with Gasteiger partial charge < -0.3 is 10.0 Å². The molecule has 2 aliphatic rings. The third kappa shape index (κ3) is 2.93. The second kappa shape index (κ2) is 5.51. The van der Waals surface area contributed by atoms with Crippen LogP contribution in [-0.2, 0) is 9.59 Å². The number of hydrogen-bond donors (Lipinski definition) is 1. The molecule has 2 saturated carbocycles. The Hall–Kier alpha value is -1.06. The lowest BCUT2D eigenvalue weighted by molar-refractivity contribution is -0.149. The van der Waals surface area contributed by atoms with Gasteiger partial charge in [-0.2, -0.15) is 0 Å². The molecule has 4 nitrogen and oxygen atoms in total. The van der Waals surface area contributed by atoms with Gasteiger partial charge >= 0.3 is 5.97 Å². The first-order valence-corrected chi connectivity index (χ1v) is 7.45. The van der Waals surface area contributed by atoms with Crippen molar-refractivity contribution in [1.29, 1.82) is 0 Å². The van der Waals surface area contributed by atoms with Gasteiger partial charge in [0.25, 0.3) is 0 Å². The molecule has 19 heavy (non-hydrogen) atoms. The average Bonchev–Trinajstić information content (AvgIpc) is 3.14. The maximum Gasteiger partial charge on any atom is 0.307 e. The van der Waals surface area contributed by atoms with Crippen LogP contribution >= 0.6 is 0 Å². The largest absolute Gasteiger partial charge is 0.481 e.